The third-order valence-corrected chi connectivity index (χ3v) is 2.48. The van der Waals surface area contributed by atoms with Crippen LogP contribution in [0.5, 0.6) is 0 Å². The molecule has 1 rings (SSSR count). The molecule has 3 heteroatoms. The summed E-state index contributed by atoms with van der Waals surface area (Å²) in [6, 6.07) is 7.50. The van der Waals surface area contributed by atoms with Crippen molar-refractivity contribution in [1.29, 1.82) is 0 Å². The van der Waals surface area contributed by atoms with Crippen LogP contribution in [-0.4, -0.2) is 23.4 Å². The molecule has 0 aliphatic heterocycles. The molecule has 1 aromatic rings. The number of benzene rings is 1. The molecule has 16 heavy (non-hydrogen) atoms. The maximum absolute atomic E-state index is 10.1. The van der Waals surface area contributed by atoms with Crippen LogP contribution in [0.3, 0.4) is 0 Å². The number of rotatable bonds is 5. The molecule has 0 aromatic heterocycles. The van der Waals surface area contributed by atoms with Gasteiger partial charge in [-0.15, -0.1) is 0 Å². The molecule has 0 amide bonds. The molecule has 0 spiro atoms. The van der Waals surface area contributed by atoms with Crippen LogP contribution in [0.25, 0.3) is 0 Å². The fraction of sp³-hybridized carbons (Fsp3) is 0.538. The first-order valence-electron chi connectivity index (χ1n) is 5.47. The zero-order valence-corrected chi connectivity index (χ0v) is 10.8. The van der Waals surface area contributed by atoms with Crippen molar-refractivity contribution in [3.8, 4) is 0 Å². The molecule has 0 radical (unpaired) electrons. The average molecular weight is 243 g/mol. The van der Waals surface area contributed by atoms with Crippen LogP contribution >= 0.6 is 11.6 Å². The van der Waals surface area contributed by atoms with E-state index in [4.69, 9.17) is 16.3 Å². The van der Waals surface area contributed by atoms with Crippen LogP contribution in [-0.2, 0) is 11.2 Å². The summed E-state index contributed by atoms with van der Waals surface area (Å²) in [6.45, 7) is 6.04. The van der Waals surface area contributed by atoms with Crippen LogP contribution in [0, 0.1) is 0 Å². The maximum atomic E-state index is 10.1. The minimum Gasteiger partial charge on any atom is -0.387 e. The van der Waals surface area contributed by atoms with Gasteiger partial charge in [0.15, 0.2) is 0 Å². The van der Waals surface area contributed by atoms with Crippen molar-refractivity contribution in [1.82, 2.24) is 0 Å². The standard InChI is InChI=1S/C13H19ClO2/c1-10(2)16-9-13(3,15)8-11-4-6-12(14)7-5-11/h4-7,10,15H,8-9H2,1-3H3. The van der Waals surface area contributed by atoms with Crippen LogP contribution < -0.4 is 0 Å². The summed E-state index contributed by atoms with van der Waals surface area (Å²) < 4.78 is 5.43. The van der Waals surface area contributed by atoms with Gasteiger partial charge in [0, 0.05) is 11.4 Å². The van der Waals surface area contributed by atoms with E-state index in [1.807, 2.05) is 38.1 Å². The van der Waals surface area contributed by atoms with E-state index in [9.17, 15) is 5.11 Å². The van der Waals surface area contributed by atoms with Gasteiger partial charge in [0.1, 0.15) is 0 Å². The quantitative estimate of drug-likeness (QED) is 0.860. The second-order valence-corrected chi connectivity index (χ2v) is 5.10. The number of hydrogen-bond donors (Lipinski definition) is 1. The van der Waals surface area contributed by atoms with E-state index in [-0.39, 0.29) is 6.10 Å². The Hall–Kier alpha value is -0.570. The van der Waals surface area contributed by atoms with E-state index in [1.54, 1.807) is 6.92 Å². The van der Waals surface area contributed by atoms with E-state index in [1.165, 1.54) is 0 Å². The van der Waals surface area contributed by atoms with Crippen molar-refractivity contribution in [3.05, 3.63) is 34.9 Å². The Morgan fingerprint density at radius 1 is 1.31 bits per heavy atom. The fourth-order valence-corrected chi connectivity index (χ4v) is 1.57. The lowest BCUT2D eigenvalue weighted by Crippen LogP contribution is -2.34. The highest BCUT2D eigenvalue weighted by atomic mass is 35.5. The lowest BCUT2D eigenvalue weighted by molar-refractivity contribution is -0.0529. The Morgan fingerprint density at radius 3 is 2.38 bits per heavy atom. The number of aliphatic hydroxyl groups is 1. The van der Waals surface area contributed by atoms with E-state index in [0.29, 0.717) is 18.1 Å². The third kappa shape index (κ3) is 4.97. The van der Waals surface area contributed by atoms with E-state index in [0.717, 1.165) is 5.56 Å². The Kier molecular flexibility index (Phi) is 4.78. The minimum absolute atomic E-state index is 0.136. The van der Waals surface area contributed by atoms with Crippen LogP contribution in [0.4, 0.5) is 0 Å². The molecule has 0 saturated carbocycles. The summed E-state index contributed by atoms with van der Waals surface area (Å²) in [5.74, 6) is 0. The summed E-state index contributed by atoms with van der Waals surface area (Å²) >= 11 is 5.80. The van der Waals surface area contributed by atoms with Crippen LogP contribution in [0.15, 0.2) is 24.3 Å². The van der Waals surface area contributed by atoms with Gasteiger partial charge in [-0.1, -0.05) is 23.7 Å². The van der Waals surface area contributed by atoms with Gasteiger partial charge >= 0.3 is 0 Å². The Labute approximate surface area is 102 Å². The SMILES string of the molecule is CC(C)OCC(C)(O)Cc1ccc(Cl)cc1. The monoisotopic (exact) mass is 242 g/mol. The highest BCUT2D eigenvalue weighted by Gasteiger charge is 2.21. The van der Waals surface area contributed by atoms with E-state index in [2.05, 4.69) is 0 Å². The molecule has 0 aliphatic carbocycles. The van der Waals surface area contributed by atoms with Crippen molar-refractivity contribution in [2.45, 2.75) is 38.9 Å². The van der Waals surface area contributed by atoms with Gasteiger partial charge < -0.3 is 9.84 Å². The molecule has 1 N–H and O–H groups in total. The summed E-state index contributed by atoms with van der Waals surface area (Å²) in [4.78, 5) is 0. The van der Waals surface area contributed by atoms with Crippen LogP contribution in [0.1, 0.15) is 26.3 Å². The number of hydrogen-bond acceptors (Lipinski definition) is 2. The molecule has 0 saturated heterocycles. The third-order valence-electron chi connectivity index (χ3n) is 2.23. The van der Waals surface area contributed by atoms with Crippen molar-refractivity contribution >= 4 is 11.6 Å². The van der Waals surface area contributed by atoms with Crippen molar-refractivity contribution in [2.75, 3.05) is 6.61 Å². The molecular formula is C13H19ClO2. The maximum Gasteiger partial charge on any atom is 0.0892 e. The molecule has 2 nitrogen and oxygen atoms in total. The van der Waals surface area contributed by atoms with E-state index < -0.39 is 5.60 Å². The first-order chi connectivity index (χ1) is 7.39. The zero-order chi connectivity index (χ0) is 12.2. The second-order valence-electron chi connectivity index (χ2n) is 4.66. The van der Waals surface area contributed by atoms with Gasteiger partial charge in [-0.05, 0) is 38.5 Å². The smallest absolute Gasteiger partial charge is 0.0892 e. The number of halogens is 1. The first-order valence-corrected chi connectivity index (χ1v) is 5.85. The number of ether oxygens (including phenoxy) is 1. The largest absolute Gasteiger partial charge is 0.387 e. The van der Waals surface area contributed by atoms with Crippen LogP contribution in [0.2, 0.25) is 5.02 Å². The van der Waals surface area contributed by atoms with E-state index >= 15 is 0 Å². The molecule has 0 fully saturated rings. The second kappa shape index (κ2) is 5.67. The summed E-state index contributed by atoms with van der Waals surface area (Å²) in [7, 11) is 0. The lowest BCUT2D eigenvalue weighted by atomic mass is 9.97. The summed E-state index contributed by atoms with van der Waals surface area (Å²) in [5.41, 5.74) is 0.222. The molecule has 1 unspecified atom stereocenters. The van der Waals surface area contributed by atoms with Gasteiger partial charge in [-0.25, -0.2) is 0 Å². The van der Waals surface area contributed by atoms with Crippen molar-refractivity contribution in [3.63, 3.8) is 0 Å². The van der Waals surface area contributed by atoms with Gasteiger partial charge in [0.05, 0.1) is 18.3 Å². The molecule has 90 valence electrons. The Balaban J connectivity index is 2.54. The molecule has 0 aliphatic rings. The highest BCUT2D eigenvalue weighted by molar-refractivity contribution is 6.30. The summed E-state index contributed by atoms with van der Waals surface area (Å²) in [6.07, 6.45) is 0.702. The predicted octanol–water partition coefficient (Wildman–Crippen LogP) is 3.06. The van der Waals surface area contributed by atoms with Gasteiger partial charge in [0.25, 0.3) is 0 Å². The molecular weight excluding hydrogens is 224 g/mol. The molecule has 1 aromatic carbocycles. The normalized spacial score (nSPS) is 15.1. The Morgan fingerprint density at radius 2 is 1.88 bits per heavy atom. The van der Waals surface area contributed by atoms with Crippen molar-refractivity contribution < 1.29 is 9.84 Å². The predicted molar refractivity (Wildman–Crippen MR) is 66.9 cm³/mol. The zero-order valence-electron chi connectivity index (χ0n) is 10.0. The Bertz CT molecular complexity index is 317. The highest BCUT2D eigenvalue weighted by Crippen LogP contribution is 2.16. The van der Waals surface area contributed by atoms with Gasteiger partial charge in [-0.3, -0.25) is 0 Å². The fourth-order valence-electron chi connectivity index (χ4n) is 1.44. The minimum atomic E-state index is -0.835. The summed E-state index contributed by atoms with van der Waals surface area (Å²) in [5, 5.41) is 10.8. The molecule has 0 heterocycles. The van der Waals surface area contributed by atoms with Gasteiger partial charge in [0.2, 0.25) is 0 Å². The molecule has 0 bridgehead atoms. The van der Waals surface area contributed by atoms with Gasteiger partial charge in [-0.2, -0.15) is 0 Å². The first kappa shape index (κ1) is 13.5. The molecule has 1 atom stereocenters. The lowest BCUT2D eigenvalue weighted by Gasteiger charge is -2.24. The topological polar surface area (TPSA) is 29.5 Å². The average Bonchev–Trinajstić information content (AvgIpc) is 2.19. The van der Waals surface area contributed by atoms with Crippen molar-refractivity contribution in [2.24, 2.45) is 0 Å².